The molecule has 100 valence electrons. The van der Waals surface area contributed by atoms with E-state index in [1.807, 2.05) is 10.9 Å². The fourth-order valence-corrected chi connectivity index (χ4v) is 2.19. The van der Waals surface area contributed by atoms with Gasteiger partial charge in [-0.25, -0.2) is 4.68 Å². The van der Waals surface area contributed by atoms with E-state index in [0.29, 0.717) is 0 Å². The summed E-state index contributed by atoms with van der Waals surface area (Å²) >= 11 is 0. The molecule has 4 heteroatoms. The molecule has 3 rings (SSSR count). The highest BCUT2D eigenvalue weighted by molar-refractivity contribution is 5.25. The van der Waals surface area contributed by atoms with Crippen molar-refractivity contribution in [3.8, 4) is 0 Å². The average molecular weight is 256 g/mol. The molecule has 1 heterocycles. The van der Waals surface area contributed by atoms with Crippen molar-refractivity contribution in [3.05, 3.63) is 47.3 Å². The van der Waals surface area contributed by atoms with E-state index in [9.17, 15) is 0 Å². The Morgan fingerprint density at radius 3 is 2.95 bits per heavy atom. The van der Waals surface area contributed by atoms with Gasteiger partial charge in [0.05, 0.1) is 18.4 Å². The van der Waals surface area contributed by atoms with Crippen molar-refractivity contribution >= 4 is 0 Å². The molecular weight excluding hydrogens is 236 g/mol. The Morgan fingerprint density at radius 1 is 1.32 bits per heavy atom. The third-order valence-electron chi connectivity index (χ3n) is 3.62. The van der Waals surface area contributed by atoms with Crippen LogP contribution in [0.15, 0.2) is 30.5 Å². The standard InChI is InChI=1S/C15H20N4/c1-12-4-2-3-5-14(12)10-19-11-15(17-18-19)9-16-8-13-6-7-13/h2-5,11,13,16H,6-10H2,1H3. The minimum absolute atomic E-state index is 0.794. The van der Waals surface area contributed by atoms with Crippen LogP contribution >= 0.6 is 0 Å². The summed E-state index contributed by atoms with van der Waals surface area (Å²) in [6.45, 7) is 4.86. The van der Waals surface area contributed by atoms with Crippen LogP contribution in [0.4, 0.5) is 0 Å². The van der Waals surface area contributed by atoms with Crippen molar-refractivity contribution < 1.29 is 0 Å². The van der Waals surface area contributed by atoms with Gasteiger partial charge in [0.25, 0.3) is 0 Å². The summed E-state index contributed by atoms with van der Waals surface area (Å²) in [6.07, 6.45) is 4.80. The van der Waals surface area contributed by atoms with Gasteiger partial charge < -0.3 is 5.32 Å². The van der Waals surface area contributed by atoms with Crippen LogP contribution < -0.4 is 5.32 Å². The topological polar surface area (TPSA) is 42.7 Å². The second kappa shape index (κ2) is 5.53. The van der Waals surface area contributed by atoms with E-state index in [1.54, 1.807) is 0 Å². The van der Waals surface area contributed by atoms with Crippen LogP contribution in [0.2, 0.25) is 0 Å². The summed E-state index contributed by atoms with van der Waals surface area (Å²) in [5.41, 5.74) is 3.62. The first kappa shape index (κ1) is 12.4. The molecule has 1 aliphatic rings. The lowest BCUT2D eigenvalue weighted by Gasteiger charge is -2.04. The smallest absolute Gasteiger partial charge is 0.0964 e. The molecule has 0 saturated heterocycles. The molecule has 1 saturated carbocycles. The second-order valence-corrected chi connectivity index (χ2v) is 5.41. The molecule has 0 unspecified atom stereocenters. The number of aromatic nitrogens is 3. The first-order chi connectivity index (χ1) is 9.31. The number of rotatable bonds is 6. The van der Waals surface area contributed by atoms with Crippen LogP contribution in [0, 0.1) is 12.8 Å². The lowest BCUT2D eigenvalue weighted by molar-refractivity contribution is 0.626. The molecule has 1 N–H and O–H groups in total. The van der Waals surface area contributed by atoms with Gasteiger partial charge in [0.1, 0.15) is 0 Å². The molecule has 0 aliphatic heterocycles. The summed E-state index contributed by atoms with van der Waals surface area (Å²) < 4.78 is 1.91. The molecule has 0 radical (unpaired) electrons. The van der Waals surface area contributed by atoms with E-state index in [2.05, 4.69) is 46.8 Å². The molecule has 1 aliphatic carbocycles. The molecule has 0 amide bonds. The van der Waals surface area contributed by atoms with Crippen molar-refractivity contribution in [1.82, 2.24) is 20.3 Å². The van der Waals surface area contributed by atoms with Gasteiger partial charge in [0, 0.05) is 6.54 Å². The number of nitrogens with zero attached hydrogens (tertiary/aromatic N) is 3. The number of hydrogen-bond acceptors (Lipinski definition) is 3. The Kier molecular flexibility index (Phi) is 3.60. The van der Waals surface area contributed by atoms with Gasteiger partial charge >= 0.3 is 0 Å². The minimum Gasteiger partial charge on any atom is -0.311 e. The summed E-state index contributed by atoms with van der Waals surface area (Å²) in [5.74, 6) is 0.905. The molecular formula is C15H20N4. The zero-order valence-corrected chi connectivity index (χ0v) is 11.3. The van der Waals surface area contributed by atoms with Crippen LogP contribution in [-0.4, -0.2) is 21.5 Å². The van der Waals surface area contributed by atoms with Crippen molar-refractivity contribution in [2.24, 2.45) is 5.92 Å². The number of benzene rings is 1. The van der Waals surface area contributed by atoms with Gasteiger partial charge in [-0.1, -0.05) is 29.5 Å². The highest BCUT2D eigenvalue weighted by atomic mass is 15.4. The van der Waals surface area contributed by atoms with Gasteiger partial charge in [-0.05, 0) is 43.4 Å². The van der Waals surface area contributed by atoms with Crippen LogP contribution in [0.1, 0.15) is 29.7 Å². The third-order valence-corrected chi connectivity index (χ3v) is 3.62. The fourth-order valence-electron chi connectivity index (χ4n) is 2.19. The van der Waals surface area contributed by atoms with Gasteiger partial charge in [-0.3, -0.25) is 0 Å². The molecule has 0 spiro atoms. The maximum absolute atomic E-state index is 4.21. The maximum Gasteiger partial charge on any atom is 0.0964 e. The minimum atomic E-state index is 0.794. The van der Waals surface area contributed by atoms with Gasteiger partial charge in [-0.15, -0.1) is 5.10 Å². The fraction of sp³-hybridized carbons (Fsp3) is 0.467. The zero-order valence-electron chi connectivity index (χ0n) is 11.3. The van der Waals surface area contributed by atoms with E-state index in [4.69, 9.17) is 0 Å². The van der Waals surface area contributed by atoms with E-state index in [1.165, 1.54) is 24.0 Å². The van der Waals surface area contributed by atoms with Gasteiger partial charge in [0.15, 0.2) is 0 Å². The normalized spacial score (nSPS) is 14.8. The van der Waals surface area contributed by atoms with E-state index in [0.717, 1.165) is 31.2 Å². The molecule has 1 aromatic heterocycles. The first-order valence-electron chi connectivity index (χ1n) is 6.95. The van der Waals surface area contributed by atoms with Gasteiger partial charge in [0.2, 0.25) is 0 Å². The summed E-state index contributed by atoms with van der Waals surface area (Å²) in [7, 11) is 0. The highest BCUT2D eigenvalue weighted by Gasteiger charge is 2.20. The number of nitrogens with one attached hydrogen (secondary N) is 1. The second-order valence-electron chi connectivity index (χ2n) is 5.41. The Morgan fingerprint density at radius 2 is 2.16 bits per heavy atom. The van der Waals surface area contributed by atoms with Crippen LogP contribution in [0.5, 0.6) is 0 Å². The summed E-state index contributed by atoms with van der Waals surface area (Å²) in [6, 6.07) is 8.40. The predicted octanol–water partition coefficient (Wildman–Crippen LogP) is 2.13. The largest absolute Gasteiger partial charge is 0.311 e. The molecule has 4 nitrogen and oxygen atoms in total. The van der Waals surface area contributed by atoms with Gasteiger partial charge in [-0.2, -0.15) is 0 Å². The quantitative estimate of drug-likeness (QED) is 0.861. The molecule has 19 heavy (non-hydrogen) atoms. The Bertz CT molecular complexity index is 543. The maximum atomic E-state index is 4.21. The number of aryl methyl sites for hydroxylation is 1. The Balaban J connectivity index is 1.56. The lowest BCUT2D eigenvalue weighted by atomic mass is 10.1. The molecule has 1 aromatic carbocycles. The first-order valence-corrected chi connectivity index (χ1v) is 6.95. The van der Waals surface area contributed by atoms with Crippen LogP contribution in [0.25, 0.3) is 0 Å². The zero-order chi connectivity index (χ0) is 13.1. The van der Waals surface area contributed by atoms with Crippen molar-refractivity contribution in [2.45, 2.75) is 32.9 Å². The van der Waals surface area contributed by atoms with Crippen LogP contribution in [0.3, 0.4) is 0 Å². The van der Waals surface area contributed by atoms with Crippen molar-refractivity contribution in [1.29, 1.82) is 0 Å². The number of hydrogen-bond donors (Lipinski definition) is 1. The molecule has 0 atom stereocenters. The summed E-state index contributed by atoms with van der Waals surface area (Å²) in [4.78, 5) is 0. The van der Waals surface area contributed by atoms with E-state index in [-0.39, 0.29) is 0 Å². The SMILES string of the molecule is Cc1ccccc1Cn1cc(CNCC2CC2)nn1. The lowest BCUT2D eigenvalue weighted by Crippen LogP contribution is -2.16. The molecule has 0 bridgehead atoms. The molecule has 2 aromatic rings. The van der Waals surface area contributed by atoms with Crippen molar-refractivity contribution in [2.75, 3.05) is 6.54 Å². The molecule has 1 fully saturated rings. The van der Waals surface area contributed by atoms with E-state index < -0.39 is 0 Å². The average Bonchev–Trinajstić information content (AvgIpc) is 3.12. The van der Waals surface area contributed by atoms with Crippen molar-refractivity contribution in [3.63, 3.8) is 0 Å². The Hall–Kier alpha value is -1.68. The highest BCUT2D eigenvalue weighted by Crippen LogP contribution is 2.27. The van der Waals surface area contributed by atoms with E-state index >= 15 is 0 Å². The monoisotopic (exact) mass is 256 g/mol. The third kappa shape index (κ3) is 3.41. The summed E-state index contributed by atoms with van der Waals surface area (Å²) in [5, 5.41) is 11.8. The predicted molar refractivity (Wildman–Crippen MR) is 74.7 cm³/mol. The van der Waals surface area contributed by atoms with Crippen LogP contribution in [-0.2, 0) is 13.1 Å². The Labute approximate surface area is 113 Å².